The van der Waals surface area contributed by atoms with Crippen LogP contribution in [0.2, 0.25) is 0 Å². The molecule has 2 N–H and O–H groups in total. The first-order valence-corrected chi connectivity index (χ1v) is 45.7. The third-order valence-corrected chi connectivity index (χ3v) is 24.7. The molecule has 0 unspecified atom stereocenters. The zero-order valence-corrected chi connectivity index (χ0v) is 76.2. The van der Waals surface area contributed by atoms with Crippen molar-refractivity contribution in [3.63, 3.8) is 0 Å². The average molecular weight is 1780 g/mol. The molecule has 0 aliphatic carbocycles. The largest absolute Gasteiger partial charge is 0.489 e. The van der Waals surface area contributed by atoms with Crippen molar-refractivity contribution in [3.8, 4) is 67.5 Å². The van der Waals surface area contributed by atoms with Crippen LogP contribution in [-0.2, 0) is 119 Å². The molecule has 0 aromatic heterocycles. The van der Waals surface area contributed by atoms with Crippen LogP contribution in [0.1, 0.15) is 125 Å². The van der Waals surface area contributed by atoms with Crippen molar-refractivity contribution in [3.05, 3.63) is 526 Å². The van der Waals surface area contributed by atoms with E-state index in [0.29, 0.717) is 98.1 Å². The third kappa shape index (κ3) is 23.7. The van der Waals surface area contributed by atoms with Gasteiger partial charge in [0, 0.05) is 0 Å². The summed E-state index contributed by atoms with van der Waals surface area (Å²) in [5.41, 5.74) is 23.4. The van der Waals surface area contributed by atoms with Gasteiger partial charge in [0.25, 0.3) is 0 Å². The lowest BCUT2D eigenvalue weighted by molar-refractivity contribution is -0.172. The minimum atomic E-state index is -2.05. The van der Waals surface area contributed by atoms with Crippen molar-refractivity contribution in [2.75, 3.05) is 0 Å². The van der Waals surface area contributed by atoms with E-state index in [-0.39, 0.29) is 26.4 Å². The van der Waals surface area contributed by atoms with Gasteiger partial charge in [-0.3, -0.25) is 0 Å². The van der Waals surface area contributed by atoms with Gasteiger partial charge in [0.05, 0.1) is 52.9 Å². The molecular formula is C123H110O12. The highest BCUT2D eigenvalue weighted by atomic mass is 16.8. The highest BCUT2D eigenvalue weighted by molar-refractivity contribution is 5.68. The van der Waals surface area contributed by atoms with Crippen LogP contribution in [0.25, 0.3) is 68.8 Å². The minimum absolute atomic E-state index is 0.278. The van der Waals surface area contributed by atoms with Crippen molar-refractivity contribution in [2.24, 2.45) is 0 Å². The second-order valence-electron chi connectivity index (χ2n) is 34.6. The molecule has 16 aromatic rings. The molecular weight excluding hydrogens is 1670 g/mol. The maximum atomic E-state index is 14.5. The van der Waals surface area contributed by atoms with Gasteiger partial charge in [-0.2, -0.15) is 0 Å². The lowest BCUT2D eigenvalue weighted by Gasteiger charge is -2.42. The molecule has 0 amide bonds. The van der Waals surface area contributed by atoms with Gasteiger partial charge in [-0.05, 0) is 218 Å². The number of benzene rings is 16. The van der Waals surface area contributed by atoms with Gasteiger partial charge in [-0.25, -0.2) is 0 Å². The summed E-state index contributed by atoms with van der Waals surface area (Å²) in [5, 5.41) is 29.0. The monoisotopic (exact) mass is 1780 g/mol. The Morgan fingerprint density at radius 3 is 0.504 bits per heavy atom. The topological polar surface area (TPSA) is 133 Å². The van der Waals surface area contributed by atoms with E-state index >= 15 is 0 Å². The molecule has 12 nitrogen and oxygen atoms in total. The normalized spacial score (nSPS) is 13.5. The van der Waals surface area contributed by atoms with Crippen LogP contribution in [0.5, 0.6) is 23.0 Å². The number of rotatable bonds is 42. The second-order valence-corrected chi connectivity index (χ2v) is 34.6. The van der Waals surface area contributed by atoms with Crippen molar-refractivity contribution < 1.29 is 57.6 Å². The Labute approximate surface area is 792 Å². The summed E-state index contributed by atoms with van der Waals surface area (Å²) >= 11 is 0. The predicted molar refractivity (Wildman–Crippen MR) is 541 cm³/mol. The van der Waals surface area contributed by atoms with Crippen LogP contribution in [0.4, 0.5) is 0 Å². The van der Waals surface area contributed by atoms with E-state index in [0.717, 1.165) is 134 Å². The third-order valence-electron chi connectivity index (χ3n) is 24.7. The Bertz CT molecular complexity index is 5760. The summed E-state index contributed by atoms with van der Waals surface area (Å²) in [7, 11) is 0. The fourth-order valence-corrected chi connectivity index (χ4v) is 16.7. The average Bonchev–Trinajstić information content (AvgIpc) is 1.59. The highest BCUT2D eigenvalue weighted by Crippen LogP contribution is 2.52. The molecule has 1 aliphatic heterocycles. The van der Waals surface area contributed by atoms with E-state index in [1.807, 2.05) is 170 Å². The Balaban J connectivity index is 0.620. The first-order chi connectivity index (χ1) is 66.0. The summed E-state index contributed by atoms with van der Waals surface area (Å²) in [5.74, 6) is 0.912. The second kappa shape index (κ2) is 43.8. The Kier molecular flexibility index (Phi) is 29.9. The SMILES string of the molecule is C=Cc1ccc(COCc2ccc(-c3ccc(COc4ccc(C(O)(c5ccc(OCc6ccc(-c7ccc(COCc8ccc(C=C)cc8)cc7)cc6)cc5)[C@@H]5OC(C)(C)O[C@H]5C(O)(c5ccc(OCc6ccc(-c7ccc(COCc8ccc(C=C)cc8)cc7)cc6)cc5)c5ccc(OCc6ccc(-c7ccc(COCc8ccc(C=C)cc8)cc7)cc6)cc5)cc4)cc3)cc2)cc1. The van der Waals surface area contributed by atoms with E-state index in [1.165, 1.54) is 0 Å². The predicted octanol–water partition coefficient (Wildman–Crippen LogP) is 27.8. The maximum absolute atomic E-state index is 14.5. The molecule has 1 heterocycles. The fourth-order valence-electron chi connectivity index (χ4n) is 16.7. The van der Waals surface area contributed by atoms with Crippen LogP contribution in [0.15, 0.2) is 415 Å². The van der Waals surface area contributed by atoms with Gasteiger partial charge in [0.2, 0.25) is 0 Å². The zero-order valence-electron chi connectivity index (χ0n) is 76.2. The standard InChI is InChI=1S/C123H110O12/c1-7-87-11-19-91(20-12-87)75-126-79-95-27-43-103(44-28-95)107-51-35-99(36-52-107)83-130-115-67-59-111(60-68-115)122(124,112-61-69-116(70-62-112)131-84-100-37-53-108(54-38-100)104-45-29-96(30-46-104)80-127-76-92-21-13-88(8-2)14-22-92)119-120(135-121(5,6)134-119)123(125,113-63-71-117(72-64-113)132-85-101-39-55-109(56-40-101)105-47-31-97(32-48-105)81-128-77-93-23-15-89(9-3)16-24-93)114-65-73-118(74-66-114)133-86-102-41-57-110(58-42-102)106-49-33-98(34-50-106)82-129-78-94-25-17-90(10-4)18-26-94/h7-74,119-120,124-125H,1-4,75-86H2,5-6H3/t119-,120-/m1/s1. The fraction of sp³-hybridized carbons (Fsp3) is 0.154. The van der Waals surface area contributed by atoms with Gasteiger partial charge < -0.3 is 57.6 Å². The molecule has 2 atom stereocenters. The van der Waals surface area contributed by atoms with Crippen molar-refractivity contribution in [1.82, 2.24) is 0 Å². The quantitative estimate of drug-likeness (QED) is 0.0377. The molecule has 135 heavy (non-hydrogen) atoms. The molecule has 1 fully saturated rings. The van der Waals surface area contributed by atoms with E-state index in [1.54, 1.807) is 13.8 Å². The lowest BCUT2D eigenvalue weighted by Crippen LogP contribution is -2.55. The maximum Gasteiger partial charge on any atom is 0.164 e. The molecule has 1 saturated heterocycles. The van der Waals surface area contributed by atoms with Crippen molar-refractivity contribution >= 4 is 24.3 Å². The summed E-state index contributed by atoms with van der Waals surface area (Å²) in [6, 6.07) is 130. The molecule has 1 aliphatic rings. The van der Waals surface area contributed by atoms with Crippen molar-refractivity contribution in [2.45, 2.75) is 122 Å². The molecule has 12 heteroatoms. The minimum Gasteiger partial charge on any atom is -0.489 e. The van der Waals surface area contributed by atoms with Gasteiger partial charge in [0.1, 0.15) is 72.8 Å². The Hall–Kier alpha value is -14.6. The Morgan fingerprint density at radius 1 is 0.215 bits per heavy atom. The lowest BCUT2D eigenvalue weighted by atomic mass is 9.72. The van der Waals surface area contributed by atoms with Crippen LogP contribution >= 0.6 is 0 Å². The highest BCUT2D eigenvalue weighted by Gasteiger charge is 2.61. The van der Waals surface area contributed by atoms with Crippen LogP contribution in [0.3, 0.4) is 0 Å². The molecule has 0 spiro atoms. The molecule has 674 valence electrons. The Morgan fingerprint density at radius 2 is 0.356 bits per heavy atom. The number of hydrogen-bond acceptors (Lipinski definition) is 12. The van der Waals surface area contributed by atoms with Gasteiger partial charge in [-0.15, -0.1) is 0 Å². The van der Waals surface area contributed by atoms with Crippen LogP contribution in [-0.4, -0.2) is 28.2 Å². The summed E-state index contributed by atoms with van der Waals surface area (Å²) < 4.78 is 64.8. The van der Waals surface area contributed by atoms with E-state index in [2.05, 4.69) is 269 Å². The van der Waals surface area contributed by atoms with Crippen LogP contribution < -0.4 is 18.9 Å². The summed E-state index contributed by atoms with van der Waals surface area (Å²) in [6.07, 6.45) is 4.71. The molecule has 0 bridgehead atoms. The smallest absolute Gasteiger partial charge is 0.164 e. The van der Waals surface area contributed by atoms with Gasteiger partial charge in [-0.1, -0.05) is 390 Å². The van der Waals surface area contributed by atoms with Crippen LogP contribution in [0, 0.1) is 0 Å². The molecule has 17 rings (SSSR count). The first-order valence-electron chi connectivity index (χ1n) is 45.7. The molecule has 0 saturated carbocycles. The number of hydrogen-bond donors (Lipinski definition) is 2. The molecule has 0 radical (unpaired) electrons. The summed E-state index contributed by atoms with van der Waals surface area (Å²) in [4.78, 5) is 0. The van der Waals surface area contributed by atoms with Gasteiger partial charge >= 0.3 is 0 Å². The van der Waals surface area contributed by atoms with Gasteiger partial charge in [0.15, 0.2) is 5.79 Å². The molecule has 16 aromatic carbocycles. The van der Waals surface area contributed by atoms with E-state index in [9.17, 15) is 10.2 Å². The number of aliphatic hydroxyl groups is 2. The zero-order chi connectivity index (χ0) is 92.8. The van der Waals surface area contributed by atoms with E-state index < -0.39 is 29.2 Å². The number of ether oxygens (including phenoxy) is 10. The van der Waals surface area contributed by atoms with E-state index in [4.69, 9.17) is 47.4 Å². The summed E-state index contributed by atoms with van der Waals surface area (Å²) in [6.45, 7) is 24.2. The first kappa shape index (κ1) is 92.2. The van der Waals surface area contributed by atoms with Crippen molar-refractivity contribution in [1.29, 1.82) is 0 Å².